The molecule has 2 heterocycles. The van der Waals surface area contributed by atoms with Crippen molar-refractivity contribution in [3.8, 4) is 5.75 Å². The Morgan fingerprint density at radius 1 is 0.935 bits per heavy atom. The Morgan fingerprint density at radius 3 is 2.50 bits per heavy atom. The first kappa shape index (κ1) is 29.5. The number of nitro groups is 2. The van der Waals surface area contributed by atoms with Gasteiger partial charge in [0.1, 0.15) is 12.4 Å². The predicted molar refractivity (Wildman–Crippen MR) is 177 cm³/mol. The highest BCUT2D eigenvalue weighted by Crippen LogP contribution is 2.41. The fraction of sp³-hybridized carbons (Fsp3) is 0.118. The molecule has 0 amide bonds. The maximum atomic E-state index is 14.2. The average molecular weight is 696 g/mol. The molecule has 0 radical (unpaired) electrons. The van der Waals surface area contributed by atoms with Gasteiger partial charge < -0.3 is 4.74 Å². The van der Waals surface area contributed by atoms with E-state index in [0.717, 1.165) is 33.3 Å². The van der Waals surface area contributed by atoms with Crippen LogP contribution in [-0.2, 0) is 13.0 Å². The molecule has 0 bridgehead atoms. The number of hydrogen-bond acceptors (Lipinski definition) is 8. The third kappa shape index (κ3) is 5.46. The zero-order valence-electron chi connectivity index (χ0n) is 24.0. The molecule has 0 N–H and O–H groups in total. The summed E-state index contributed by atoms with van der Waals surface area (Å²) >= 11 is 4.77. The Labute approximate surface area is 273 Å². The van der Waals surface area contributed by atoms with E-state index in [0.29, 0.717) is 32.6 Å². The molecule has 228 valence electrons. The molecule has 46 heavy (non-hydrogen) atoms. The van der Waals surface area contributed by atoms with Crippen LogP contribution in [0.1, 0.15) is 40.3 Å². The highest BCUT2D eigenvalue weighted by atomic mass is 79.9. The number of aromatic nitrogens is 1. The molecular weight excluding hydrogens is 672 g/mol. The minimum Gasteiger partial charge on any atom is -0.488 e. The predicted octanol–water partition coefficient (Wildman–Crippen LogP) is 6.48. The lowest BCUT2D eigenvalue weighted by Gasteiger charge is -2.30. The van der Waals surface area contributed by atoms with Gasteiger partial charge in [-0.05, 0) is 71.5 Å². The summed E-state index contributed by atoms with van der Waals surface area (Å²) in [6.45, 7) is 0.167. The van der Waals surface area contributed by atoms with Gasteiger partial charge in [0.2, 0.25) is 0 Å². The first-order chi connectivity index (χ1) is 22.3. The van der Waals surface area contributed by atoms with Gasteiger partial charge in [-0.3, -0.25) is 29.6 Å². The van der Waals surface area contributed by atoms with Crippen LogP contribution in [0.25, 0.3) is 11.8 Å². The van der Waals surface area contributed by atoms with Crippen molar-refractivity contribution in [2.75, 3.05) is 0 Å². The molecule has 4 aromatic carbocycles. The SMILES string of the molecule is O=c1/c(=C\c2cc(Br)ccc2OCc2ccc([N+](=O)[O-])cc2)sc2n1[C@H](c1cccc([N+](=O)[O-])c1)C1=C(N=2)c2ccccc2CC1. The second-order valence-electron chi connectivity index (χ2n) is 10.9. The van der Waals surface area contributed by atoms with Crippen LogP contribution >= 0.6 is 27.3 Å². The molecule has 5 aromatic rings. The standard InChI is InChI=1S/C34H23BrN4O6S/c35-24-11-15-29(45-19-20-8-12-25(13-9-20)38(41)42)23(16-24)18-30-33(40)37-32(22-5-3-6-26(17-22)39(43)44)28-14-10-21-4-1-2-7-27(21)31(28)36-34(37)46-30/h1-9,11-13,15-18,32H,10,14,19H2/b30-18+/t32-/m1/s1. The van der Waals surface area contributed by atoms with Crippen LogP contribution in [0.5, 0.6) is 5.75 Å². The normalized spacial score (nSPS) is 15.4. The molecular formula is C34H23BrN4O6S. The molecule has 0 saturated carbocycles. The minimum atomic E-state index is -0.554. The highest BCUT2D eigenvalue weighted by Gasteiger charge is 2.33. The molecule has 0 unspecified atom stereocenters. The zero-order valence-corrected chi connectivity index (χ0v) is 26.4. The summed E-state index contributed by atoms with van der Waals surface area (Å²) < 4.78 is 8.98. The van der Waals surface area contributed by atoms with E-state index in [9.17, 15) is 25.0 Å². The maximum Gasteiger partial charge on any atom is 0.271 e. The number of aryl methyl sites for hydroxylation is 1. The van der Waals surface area contributed by atoms with Gasteiger partial charge >= 0.3 is 0 Å². The minimum absolute atomic E-state index is 0.00275. The van der Waals surface area contributed by atoms with Crippen LogP contribution in [0.3, 0.4) is 0 Å². The lowest BCUT2D eigenvalue weighted by Crippen LogP contribution is -2.38. The van der Waals surface area contributed by atoms with E-state index in [2.05, 4.69) is 22.0 Å². The van der Waals surface area contributed by atoms with Crippen molar-refractivity contribution >= 4 is 50.4 Å². The third-order valence-corrected chi connectivity index (χ3v) is 9.55. The van der Waals surface area contributed by atoms with Gasteiger partial charge in [-0.25, -0.2) is 4.99 Å². The number of thiazole rings is 1. The van der Waals surface area contributed by atoms with Crippen LogP contribution in [0.15, 0.2) is 111 Å². The molecule has 1 aromatic heterocycles. The fourth-order valence-corrected chi connectivity index (χ4v) is 7.28. The third-order valence-electron chi connectivity index (χ3n) is 8.07. The summed E-state index contributed by atoms with van der Waals surface area (Å²) in [4.78, 5) is 41.6. The number of hydrogen-bond donors (Lipinski definition) is 0. The van der Waals surface area contributed by atoms with Crippen molar-refractivity contribution in [3.05, 3.63) is 169 Å². The van der Waals surface area contributed by atoms with Gasteiger partial charge in [0.25, 0.3) is 16.9 Å². The van der Waals surface area contributed by atoms with Crippen molar-refractivity contribution < 1.29 is 14.6 Å². The van der Waals surface area contributed by atoms with Gasteiger partial charge in [0.05, 0.1) is 26.1 Å². The molecule has 2 aliphatic rings. The van der Waals surface area contributed by atoms with E-state index >= 15 is 0 Å². The number of allylic oxidation sites excluding steroid dienone is 1. The summed E-state index contributed by atoms with van der Waals surface area (Å²) in [5, 5.41) is 22.7. The van der Waals surface area contributed by atoms with Crippen molar-refractivity contribution in [2.24, 2.45) is 4.99 Å². The number of fused-ring (bicyclic) bond motifs is 3. The van der Waals surface area contributed by atoms with Crippen LogP contribution in [-0.4, -0.2) is 14.4 Å². The fourth-order valence-electron chi connectivity index (χ4n) is 5.91. The Bertz CT molecular complexity index is 2280. The summed E-state index contributed by atoms with van der Waals surface area (Å²) in [6.07, 6.45) is 3.20. The quantitative estimate of drug-likeness (QED) is 0.142. The van der Waals surface area contributed by atoms with Gasteiger partial charge in [0, 0.05) is 39.9 Å². The molecule has 1 atom stereocenters. The van der Waals surface area contributed by atoms with Crippen LogP contribution in [0.2, 0.25) is 0 Å². The number of nitrogens with zero attached hydrogens (tertiary/aromatic N) is 4. The second-order valence-corrected chi connectivity index (χ2v) is 12.8. The molecule has 10 nitrogen and oxygen atoms in total. The smallest absolute Gasteiger partial charge is 0.271 e. The van der Waals surface area contributed by atoms with Crippen LogP contribution < -0.4 is 19.6 Å². The van der Waals surface area contributed by atoms with Gasteiger partial charge in [-0.1, -0.05) is 63.7 Å². The number of ether oxygens (including phenoxy) is 1. The van der Waals surface area contributed by atoms with E-state index in [-0.39, 0.29) is 23.5 Å². The van der Waals surface area contributed by atoms with Crippen LogP contribution in [0.4, 0.5) is 11.4 Å². The second kappa shape index (κ2) is 12.0. The lowest BCUT2D eigenvalue weighted by atomic mass is 9.83. The Morgan fingerprint density at radius 2 is 1.72 bits per heavy atom. The molecule has 12 heteroatoms. The molecule has 0 fully saturated rings. The Hall–Kier alpha value is -5.20. The monoisotopic (exact) mass is 694 g/mol. The maximum absolute atomic E-state index is 14.2. The summed E-state index contributed by atoms with van der Waals surface area (Å²) in [7, 11) is 0. The molecule has 1 aliphatic heterocycles. The van der Waals surface area contributed by atoms with E-state index < -0.39 is 15.9 Å². The van der Waals surface area contributed by atoms with Crippen molar-refractivity contribution in [1.29, 1.82) is 0 Å². The van der Waals surface area contributed by atoms with E-state index in [1.165, 1.54) is 41.2 Å². The zero-order chi connectivity index (χ0) is 31.9. The highest BCUT2D eigenvalue weighted by molar-refractivity contribution is 9.10. The Kier molecular flexibility index (Phi) is 7.67. The van der Waals surface area contributed by atoms with E-state index in [1.54, 1.807) is 34.9 Å². The van der Waals surface area contributed by atoms with Gasteiger partial charge in [-0.2, -0.15) is 0 Å². The molecule has 0 spiro atoms. The number of rotatable bonds is 7. The van der Waals surface area contributed by atoms with E-state index in [4.69, 9.17) is 9.73 Å². The first-order valence-corrected chi connectivity index (χ1v) is 15.9. The van der Waals surface area contributed by atoms with Crippen molar-refractivity contribution in [2.45, 2.75) is 25.5 Å². The molecule has 7 rings (SSSR count). The summed E-state index contributed by atoms with van der Waals surface area (Å²) in [5.74, 6) is 0.524. The van der Waals surface area contributed by atoms with Gasteiger partial charge in [-0.15, -0.1) is 0 Å². The number of benzene rings is 4. The first-order valence-electron chi connectivity index (χ1n) is 14.3. The number of halogens is 1. The molecule has 1 aliphatic carbocycles. The lowest BCUT2D eigenvalue weighted by molar-refractivity contribution is -0.385. The molecule has 0 saturated heterocycles. The summed E-state index contributed by atoms with van der Waals surface area (Å²) in [5.41, 5.74) is 5.69. The number of non-ortho nitro benzene ring substituents is 2. The van der Waals surface area contributed by atoms with Gasteiger partial charge in [0.15, 0.2) is 4.80 Å². The largest absolute Gasteiger partial charge is 0.488 e. The summed E-state index contributed by atoms with van der Waals surface area (Å²) in [6, 6.07) is 25.6. The van der Waals surface area contributed by atoms with Crippen molar-refractivity contribution in [3.63, 3.8) is 0 Å². The van der Waals surface area contributed by atoms with Crippen molar-refractivity contribution in [1.82, 2.24) is 4.57 Å². The van der Waals surface area contributed by atoms with E-state index in [1.807, 2.05) is 36.4 Å². The van der Waals surface area contributed by atoms with Crippen LogP contribution in [0, 0.1) is 20.2 Å². The Balaban J connectivity index is 1.35. The topological polar surface area (TPSA) is 130 Å². The average Bonchev–Trinajstić information content (AvgIpc) is 3.37. The number of nitro benzene ring substituents is 2.